The normalized spacial score (nSPS) is 15.6. The largest absolute Gasteiger partial charge is 0.490 e. The molecule has 0 N–H and O–H groups in total. The van der Waals surface area contributed by atoms with E-state index in [1.807, 2.05) is 19.1 Å². The molecule has 3 aromatic rings. The van der Waals surface area contributed by atoms with Crippen molar-refractivity contribution in [3.05, 3.63) is 46.8 Å². The van der Waals surface area contributed by atoms with Crippen LogP contribution in [0, 0.1) is 19.8 Å². The fraction of sp³-hybridized carbons (Fsp3) is 0.458. The molecule has 158 valence electrons. The maximum Gasteiger partial charge on any atom is 0.258 e. The van der Waals surface area contributed by atoms with Crippen LogP contribution in [0.4, 0.5) is 0 Å². The van der Waals surface area contributed by atoms with Crippen molar-refractivity contribution in [2.75, 3.05) is 13.2 Å². The average Bonchev–Trinajstić information content (AvgIpc) is 3.38. The lowest BCUT2D eigenvalue weighted by atomic mass is 10.0. The van der Waals surface area contributed by atoms with Gasteiger partial charge in [-0.25, -0.2) is 0 Å². The van der Waals surface area contributed by atoms with Gasteiger partial charge in [-0.2, -0.15) is 4.98 Å². The molecule has 0 aliphatic carbocycles. The number of aryl methyl sites for hydroxylation is 3. The van der Waals surface area contributed by atoms with E-state index in [1.165, 1.54) is 0 Å². The first-order valence-corrected chi connectivity index (χ1v) is 10.6. The maximum absolute atomic E-state index is 6.01. The fourth-order valence-electron chi connectivity index (χ4n) is 3.63. The summed E-state index contributed by atoms with van der Waals surface area (Å²) in [5, 5.41) is 4.25. The zero-order valence-corrected chi connectivity index (χ0v) is 18.4. The lowest BCUT2D eigenvalue weighted by Crippen LogP contribution is -2.07. The number of hydrogen-bond donors (Lipinski definition) is 0. The Hall–Kier alpha value is -2.73. The van der Waals surface area contributed by atoms with Crippen molar-refractivity contribution in [3.8, 4) is 28.6 Å². The molecule has 1 saturated heterocycles. The molecule has 0 bridgehead atoms. The molecule has 1 aliphatic heterocycles. The molecule has 0 spiro atoms. The van der Waals surface area contributed by atoms with Gasteiger partial charge in [0.25, 0.3) is 5.89 Å². The van der Waals surface area contributed by atoms with Crippen molar-refractivity contribution >= 4 is 0 Å². The Balaban J connectivity index is 1.62. The van der Waals surface area contributed by atoms with E-state index < -0.39 is 0 Å². The minimum absolute atomic E-state index is 0.234. The number of pyridine rings is 1. The van der Waals surface area contributed by atoms with Gasteiger partial charge in [-0.05, 0) is 68.0 Å². The summed E-state index contributed by atoms with van der Waals surface area (Å²) in [5.74, 6) is 2.57. The molecule has 6 nitrogen and oxygen atoms in total. The molecule has 1 atom stereocenters. The summed E-state index contributed by atoms with van der Waals surface area (Å²) in [5.41, 5.74) is 6.04. The summed E-state index contributed by atoms with van der Waals surface area (Å²) < 4.78 is 16.9. The van der Waals surface area contributed by atoms with Crippen LogP contribution in [0.15, 0.2) is 28.8 Å². The summed E-state index contributed by atoms with van der Waals surface area (Å²) in [6.07, 6.45) is 2.02. The van der Waals surface area contributed by atoms with Crippen LogP contribution in [-0.4, -0.2) is 34.4 Å². The highest BCUT2D eigenvalue weighted by Gasteiger charge is 2.24. The zero-order valence-electron chi connectivity index (χ0n) is 18.4. The second-order valence-electron chi connectivity index (χ2n) is 8.41. The van der Waals surface area contributed by atoms with Crippen molar-refractivity contribution in [2.45, 2.75) is 53.6 Å². The monoisotopic (exact) mass is 407 g/mol. The lowest BCUT2D eigenvalue weighted by molar-refractivity contribution is 0.260. The van der Waals surface area contributed by atoms with E-state index in [-0.39, 0.29) is 6.10 Å². The van der Waals surface area contributed by atoms with Crippen LogP contribution in [0.2, 0.25) is 0 Å². The van der Waals surface area contributed by atoms with Crippen LogP contribution in [0.1, 0.15) is 43.3 Å². The second kappa shape index (κ2) is 8.56. The van der Waals surface area contributed by atoms with Gasteiger partial charge in [0.1, 0.15) is 18.5 Å². The number of ether oxygens (including phenoxy) is 2. The SMILES string of the molecule is CCc1cc(-c2noc(-c3cc(C)nc(CC(C)C)c3)n2)cc(C)c1OCC1CO1. The quantitative estimate of drug-likeness (QED) is 0.492. The molecule has 4 rings (SSSR count). The Morgan fingerprint density at radius 3 is 2.60 bits per heavy atom. The molecule has 0 saturated carbocycles. The molecule has 0 amide bonds. The number of aromatic nitrogens is 3. The average molecular weight is 408 g/mol. The Kier molecular flexibility index (Phi) is 5.86. The van der Waals surface area contributed by atoms with Crippen molar-refractivity contribution in [1.82, 2.24) is 15.1 Å². The maximum atomic E-state index is 6.01. The number of nitrogens with zero attached hydrogens (tertiary/aromatic N) is 3. The van der Waals surface area contributed by atoms with Gasteiger partial charge in [-0.15, -0.1) is 0 Å². The number of rotatable bonds is 8. The van der Waals surface area contributed by atoms with Crippen molar-refractivity contribution < 1.29 is 14.0 Å². The lowest BCUT2D eigenvalue weighted by Gasteiger charge is -2.14. The highest BCUT2D eigenvalue weighted by Crippen LogP contribution is 2.32. The highest BCUT2D eigenvalue weighted by atomic mass is 16.6. The molecular formula is C24H29N3O3. The minimum Gasteiger partial charge on any atom is -0.490 e. The third-order valence-electron chi connectivity index (χ3n) is 5.10. The second-order valence-corrected chi connectivity index (χ2v) is 8.41. The standard InChI is InChI=1S/C24H29N3O3/c1-6-17-10-18(8-15(4)22(17)29-13-21-12-28-21)23-26-24(30-27-23)19-9-16(5)25-20(11-19)7-14(2)3/h8-11,14,21H,6-7,12-13H2,1-5H3. The minimum atomic E-state index is 0.234. The first-order valence-electron chi connectivity index (χ1n) is 10.6. The van der Waals surface area contributed by atoms with Crippen molar-refractivity contribution in [1.29, 1.82) is 0 Å². The van der Waals surface area contributed by atoms with E-state index in [9.17, 15) is 0 Å². The van der Waals surface area contributed by atoms with E-state index in [0.29, 0.717) is 24.2 Å². The van der Waals surface area contributed by atoms with Gasteiger partial charge in [0.05, 0.1) is 6.61 Å². The Morgan fingerprint density at radius 1 is 1.10 bits per heavy atom. The molecule has 6 heteroatoms. The molecule has 2 aromatic heterocycles. The molecule has 0 radical (unpaired) electrons. The smallest absolute Gasteiger partial charge is 0.258 e. The molecule has 30 heavy (non-hydrogen) atoms. The molecule has 1 unspecified atom stereocenters. The van der Waals surface area contributed by atoms with Crippen molar-refractivity contribution in [3.63, 3.8) is 0 Å². The summed E-state index contributed by atoms with van der Waals surface area (Å²) >= 11 is 0. The van der Waals surface area contributed by atoms with Gasteiger partial charge in [-0.3, -0.25) is 4.98 Å². The number of benzene rings is 1. The third-order valence-corrected chi connectivity index (χ3v) is 5.10. The van der Waals surface area contributed by atoms with Gasteiger partial charge < -0.3 is 14.0 Å². The first kappa shape index (κ1) is 20.5. The molecule has 3 heterocycles. The third kappa shape index (κ3) is 4.70. The summed E-state index contributed by atoms with van der Waals surface area (Å²) in [7, 11) is 0. The van der Waals surface area contributed by atoms with Crippen molar-refractivity contribution in [2.24, 2.45) is 5.92 Å². The predicted molar refractivity (Wildman–Crippen MR) is 116 cm³/mol. The van der Waals surface area contributed by atoms with E-state index in [2.05, 4.69) is 55.0 Å². The molecular weight excluding hydrogens is 378 g/mol. The fourth-order valence-corrected chi connectivity index (χ4v) is 3.63. The van der Waals surface area contributed by atoms with E-state index in [4.69, 9.17) is 14.0 Å². The van der Waals surface area contributed by atoms with Gasteiger partial charge in [-0.1, -0.05) is 25.9 Å². The topological polar surface area (TPSA) is 73.6 Å². The van der Waals surface area contributed by atoms with Crippen LogP contribution in [0.5, 0.6) is 5.75 Å². The van der Waals surface area contributed by atoms with Crippen LogP contribution in [-0.2, 0) is 17.6 Å². The number of epoxide rings is 1. The van der Waals surface area contributed by atoms with Gasteiger partial charge in [0.2, 0.25) is 5.82 Å². The molecule has 1 aromatic carbocycles. The molecule has 1 aliphatic rings. The summed E-state index contributed by atoms with van der Waals surface area (Å²) in [4.78, 5) is 9.31. The molecule has 1 fully saturated rings. The van der Waals surface area contributed by atoms with E-state index >= 15 is 0 Å². The predicted octanol–water partition coefficient (Wildman–Crippen LogP) is 4.95. The Morgan fingerprint density at radius 2 is 1.90 bits per heavy atom. The van der Waals surface area contributed by atoms with E-state index in [1.54, 1.807) is 0 Å². The highest BCUT2D eigenvalue weighted by molar-refractivity contribution is 5.64. The van der Waals surface area contributed by atoms with Crippen LogP contribution >= 0.6 is 0 Å². The van der Waals surface area contributed by atoms with Gasteiger partial charge >= 0.3 is 0 Å². The Labute approximate surface area is 177 Å². The Bertz CT molecular complexity index is 1040. The van der Waals surface area contributed by atoms with Crippen LogP contribution < -0.4 is 4.74 Å². The first-order chi connectivity index (χ1) is 14.4. The summed E-state index contributed by atoms with van der Waals surface area (Å²) in [6, 6.07) is 8.18. The number of hydrogen-bond acceptors (Lipinski definition) is 6. The van der Waals surface area contributed by atoms with Crippen LogP contribution in [0.3, 0.4) is 0 Å². The van der Waals surface area contributed by atoms with Gasteiger partial charge in [0.15, 0.2) is 0 Å². The van der Waals surface area contributed by atoms with Crippen LogP contribution in [0.25, 0.3) is 22.8 Å². The summed E-state index contributed by atoms with van der Waals surface area (Å²) in [6.45, 7) is 11.9. The van der Waals surface area contributed by atoms with Gasteiger partial charge in [0, 0.05) is 22.5 Å². The van der Waals surface area contributed by atoms with E-state index in [0.717, 1.165) is 58.8 Å². The zero-order chi connectivity index (χ0) is 21.3.